The fraction of sp³-hybridized carbons (Fsp3) is 0.133. The molecule has 0 aliphatic heterocycles. The third-order valence-corrected chi connectivity index (χ3v) is 2.50. The minimum Gasteiger partial charge on any atom is -0.479 e. The summed E-state index contributed by atoms with van der Waals surface area (Å²) < 4.78 is 5.19. The maximum atomic E-state index is 8.41. The highest BCUT2D eigenvalue weighted by atomic mass is 16.5. The highest BCUT2D eigenvalue weighted by Crippen LogP contribution is 2.13. The van der Waals surface area contributed by atoms with E-state index in [-0.39, 0.29) is 6.61 Å². The summed E-state index contributed by atoms with van der Waals surface area (Å²) in [6.07, 6.45) is 0. The van der Waals surface area contributed by atoms with Gasteiger partial charge in [0, 0.05) is 12.2 Å². The number of ether oxygens (including phenoxy) is 1. The Kier molecular flexibility index (Phi) is 4.21. The molecule has 90 valence electrons. The SMILES string of the molecule is N#CCOc1ccc(CNc2ccccc2)cc1. The number of hydrogen-bond donors (Lipinski definition) is 1. The summed E-state index contributed by atoms with van der Waals surface area (Å²) in [5.41, 5.74) is 2.27. The molecule has 0 amide bonds. The molecule has 3 nitrogen and oxygen atoms in total. The van der Waals surface area contributed by atoms with Crippen molar-refractivity contribution in [2.75, 3.05) is 11.9 Å². The molecule has 18 heavy (non-hydrogen) atoms. The number of nitrogens with zero attached hydrogens (tertiary/aromatic N) is 1. The van der Waals surface area contributed by atoms with Crippen LogP contribution in [0.15, 0.2) is 54.6 Å². The molecule has 0 fully saturated rings. The second-order valence-corrected chi connectivity index (χ2v) is 3.81. The maximum Gasteiger partial charge on any atom is 0.174 e. The lowest BCUT2D eigenvalue weighted by atomic mass is 10.2. The molecule has 2 rings (SSSR count). The second-order valence-electron chi connectivity index (χ2n) is 3.81. The zero-order valence-electron chi connectivity index (χ0n) is 9.97. The lowest BCUT2D eigenvalue weighted by Gasteiger charge is -2.07. The summed E-state index contributed by atoms with van der Waals surface area (Å²) in [5, 5.41) is 11.7. The van der Waals surface area contributed by atoms with Crippen molar-refractivity contribution in [3.63, 3.8) is 0 Å². The number of rotatable bonds is 5. The monoisotopic (exact) mass is 238 g/mol. The topological polar surface area (TPSA) is 45.0 Å². The number of nitriles is 1. The van der Waals surface area contributed by atoms with E-state index in [0.717, 1.165) is 18.0 Å². The van der Waals surface area contributed by atoms with Gasteiger partial charge in [0.05, 0.1) is 0 Å². The Labute approximate surface area is 107 Å². The lowest BCUT2D eigenvalue weighted by Crippen LogP contribution is -1.99. The summed E-state index contributed by atoms with van der Waals surface area (Å²) in [7, 11) is 0. The largest absolute Gasteiger partial charge is 0.479 e. The Hall–Kier alpha value is -2.47. The Balaban J connectivity index is 1.89. The van der Waals surface area contributed by atoms with E-state index in [1.807, 2.05) is 60.7 Å². The molecule has 1 N–H and O–H groups in total. The summed E-state index contributed by atoms with van der Waals surface area (Å²) >= 11 is 0. The van der Waals surface area contributed by atoms with Crippen LogP contribution in [-0.2, 0) is 6.54 Å². The first-order chi connectivity index (χ1) is 8.88. The van der Waals surface area contributed by atoms with Crippen molar-refractivity contribution in [3.8, 4) is 11.8 Å². The Bertz CT molecular complexity index is 514. The van der Waals surface area contributed by atoms with Crippen LogP contribution in [0, 0.1) is 11.3 Å². The number of para-hydroxylation sites is 1. The van der Waals surface area contributed by atoms with Gasteiger partial charge in [-0.25, -0.2) is 0 Å². The predicted octanol–water partition coefficient (Wildman–Crippen LogP) is 3.20. The van der Waals surface area contributed by atoms with Gasteiger partial charge in [-0.3, -0.25) is 0 Å². The van der Waals surface area contributed by atoms with E-state index in [1.54, 1.807) is 0 Å². The van der Waals surface area contributed by atoms with Crippen LogP contribution in [-0.4, -0.2) is 6.61 Å². The summed E-state index contributed by atoms with van der Waals surface area (Å²) in [6.45, 7) is 0.851. The number of benzene rings is 2. The van der Waals surface area contributed by atoms with E-state index in [9.17, 15) is 0 Å². The molecule has 0 unspecified atom stereocenters. The molecule has 0 spiro atoms. The smallest absolute Gasteiger partial charge is 0.174 e. The number of hydrogen-bond acceptors (Lipinski definition) is 3. The molecule has 0 bridgehead atoms. The molecule has 0 saturated heterocycles. The Morgan fingerprint density at radius 1 is 1.00 bits per heavy atom. The molecule has 3 heteroatoms. The maximum absolute atomic E-state index is 8.41. The van der Waals surface area contributed by atoms with Crippen molar-refractivity contribution in [3.05, 3.63) is 60.2 Å². The van der Waals surface area contributed by atoms with Gasteiger partial charge in [-0.15, -0.1) is 0 Å². The van der Waals surface area contributed by atoms with E-state index in [0.29, 0.717) is 0 Å². The highest BCUT2D eigenvalue weighted by Gasteiger charge is 1.96. The van der Waals surface area contributed by atoms with Crippen molar-refractivity contribution in [2.45, 2.75) is 6.54 Å². The summed E-state index contributed by atoms with van der Waals surface area (Å²) in [4.78, 5) is 0. The fourth-order valence-electron chi connectivity index (χ4n) is 1.58. The van der Waals surface area contributed by atoms with E-state index >= 15 is 0 Å². The minimum absolute atomic E-state index is 0.0849. The molecule has 2 aromatic carbocycles. The van der Waals surface area contributed by atoms with Crippen LogP contribution in [0.4, 0.5) is 5.69 Å². The van der Waals surface area contributed by atoms with Gasteiger partial charge in [0.25, 0.3) is 0 Å². The average Bonchev–Trinajstić information content (AvgIpc) is 2.45. The van der Waals surface area contributed by atoms with Crippen molar-refractivity contribution < 1.29 is 4.74 Å². The van der Waals surface area contributed by atoms with E-state index < -0.39 is 0 Å². The average molecular weight is 238 g/mol. The zero-order chi connectivity index (χ0) is 12.6. The van der Waals surface area contributed by atoms with Gasteiger partial charge in [-0.05, 0) is 29.8 Å². The highest BCUT2D eigenvalue weighted by molar-refractivity contribution is 5.43. The summed E-state index contributed by atoms with van der Waals surface area (Å²) in [5.74, 6) is 0.722. The number of nitrogens with one attached hydrogen (secondary N) is 1. The molecule has 0 atom stereocenters. The van der Waals surface area contributed by atoms with Gasteiger partial charge in [-0.1, -0.05) is 30.3 Å². The van der Waals surface area contributed by atoms with E-state index in [2.05, 4.69) is 5.32 Å². The second kappa shape index (κ2) is 6.31. The van der Waals surface area contributed by atoms with Gasteiger partial charge in [-0.2, -0.15) is 5.26 Å². The van der Waals surface area contributed by atoms with Crippen molar-refractivity contribution in [1.82, 2.24) is 0 Å². The quantitative estimate of drug-likeness (QED) is 0.870. The first-order valence-electron chi connectivity index (χ1n) is 5.76. The van der Waals surface area contributed by atoms with Gasteiger partial charge in [0.2, 0.25) is 0 Å². The van der Waals surface area contributed by atoms with Gasteiger partial charge in [0.15, 0.2) is 6.61 Å². The van der Waals surface area contributed by atoms with Gasteiger partial charge >= 0.3 is 0 Å². The van der Waals surface area contributed by atoms with Crippen LogP contribution >= 0.6 is 0 Å². The summed E-state index contributed by atoms with van der Waals surface area (Å²) in [6, 6.07) is 19.7. The van der Waals surface area contributed by atoms with Crippen LogP contribution < -0.4 is 10.1 Å². The van der Waals surface area contributed by atoms with Crippen LogP contribution in [0.1, 0.15) is 5.56 Å². The van der Waals surface area contributed by atoms with Crippen LogP contribution in [0.3, 0.4) is 0 Å². The fourth-order valence-corrected chi connectivity index (χ4v) is 1.58. The molecule has 0 saturated carbocycles. The minimum atomic E-state index is 0.0849. The van der Waals surface area contributed by atoms with Crippen LogP contribution in [0.2, 0.25) is 0 Å². The van der Waals surface area contributed by atoms with Crippen molar-refractivity contribution in [1.29, 1.82) is 5.26 Å². The van der Waals surface area contributed by atoms with Gasteiger partial charge < -0.3 is 10.1 Å². The predicted molar refractivity (Wildman–Crippen MR) is 71.3 cm³/mol. The van der Waals surface area contributed by atoms with E-state index in [1.165, 1.54) is 5.56 Å². The molecule has 0 aromatic heterocycles. The Morgan fingerprint density at radius 3 is 2.39 bits per heavy atom. The Morgan fingerprint density at radius 2 is 1.72 bits per heavy atom. The molecule has 2 aromatic rings. The van der Waals surface area contributed by atoms with Crippen LogP contribution in [0.25, 0.3) is 0 Å². The third-order valence-electron chi connectivity index (χ3n) is 2.50. The lowest BCUT2D eigenvalue weighted by molar-refractivity contribution is 0.368. The molecular formula is C15H14N2O. The van der Waals surface area contributed by atoms with Crippen molar-refractivity contribution in [2.24, 2.45) is 0 Å². The zero-order valence-corrected chi connectivity index (χ0v) is 9.97. The molecule has 0 aliphatic carbocycles. The third kappa shape index (κ3) is 3.53. The van der Waals surface area contributed by atoms with E-state index in [4.69, 9.17) is 10.00 Å². The normalized spacial score (nSPS) is 9.50. The van der Waals surface area contributed by atoms with Crippen LogP contribution in [0.5, 0.6) is 5.75 Å². The molecule has 0 radical (unpaired) electrons. The standard InChI is InChI=1S/C15H14N2O/c16-10-11-18-15-8-6-13(7-9-15)12-17-14-4-2-1-3-5-14/h1-9,17H,11-12H2. The first-order valence-corrected chi connectivity index (χ1v) is 5.76. The van der Waals surface area contributed by atoms with Gasteiger partial charge in [0.1, 0.15) is 11.8 Å². The number of anilines is 1. The molecule has 0 heterocycles. The molecular weight excluding hydrogens is 224 g/mol. The van der Waals surface area contributed by atoms with Crippen molar-refractivity contribution >= 4 is 5.69 Å². The first kappa shape index (κ1) is 12.0. The molecule has 0 aliphatic rings.